The number of rotatable bonds is 6. The predicted molar refractivity (Wildman–Crippen MR) is 152 cm³/mol. The molecule has 0 aliphatic rings. The van der Waals surface area contributed by atoms with Gasteiger partial charge in [0.2, 0.25) is 0 Å². The van der Waals surface area contributed by atoms with Gasteiger partial charge in [-0.2, -0.15) is 0 Å². The molecule has 3 aromatic carbocycles. The van der Waals surface area contributed by atoms with Crippen LogP contribution in [0.2, 0.25) is 0 Å². The summed E-state index contributed by atoms with van der Waals surface area (Å²) in [6.07, 6.45) is 0. The molecule has 0 aliphatic carbocycles. The van der Waals surface area contributed by atoms with Crippen LogP contribution in [-0.4, -0.2) is 39.2 Å². The third-order valence-corrected chi connectivity index (χ3v) is 7.68. The number of carboxylic acids is 1. The Hall–Kier alpha value is -4.38. The molecule has 0 radical (unpaired) electrons. The Balaban J connectivity index is 1.98. The van der Waals surface area contributed by atoms with Crippen LogP contribution in [0.25, 0.3) is 0 Å². The fraction of sp³-hybridized carbons (Fsp3) is 0.267. The maximum Gasteiger partial charge on any atom is 0.347 e. The van der Waals surface area contributed by atoms with Crippen LogP contribution in [-0.2, 0) is 4.79 Å². The summed E-state index contributed by atoms with van der Waals surface area (Å²) in [5.74, 6) is -4.37. The Morgan fingerprint density at radius 3 is 1.61 bits per heavy atom. The van der Waals surface area contributed by atoms with E-state index in [0.717, 1.165) is 0 Å². The first kappa shape index (κ1) is 31.2. The summed E-state index contributed by atoms with van der Waals surface area (Å²) in [5, 5.41) is 31.1. The van der Waals surface area contributed by atoms with E-state index in [9.17, 15) is 34.5 Å². The van der Waals surface area contributed by atoms with Crippen molar-refractivity contribution in [1.82, 2.24) is 0 Å². The monoisotopic (exact) mass is 628 g/mol. The Morgan fingerprint density at radius 2 is 1.10 bits per heavy atom. The van der Waals surface area contributed by atoms with Crippen molar-refractivity contribution in [2.24, 2.45) is 0 Å². The van der Waals surface area contributed by atoms with Gasteiger partial charge in [0, 0.05) is 12.5 Å². The third-order valence-electron chi connectivity index (χ3n) is 6.95. The minimum atomic E-state index is -1.10. The van der Waals surface area contributed by atoms with Crippen LogP contribution >= 0.6 is 15.9 Å². The van der Waals surface area contributed by atoms with Gasteiger partial charge in [-0.15, -0.1) is 0 Å². The van der Waals surface area contributed by atoms with E-state index in [1.54, 1.807) is 34.6 Å². The van der Waals surface area contributed by atoms with Crippen LogP contribution in [0.4, 0.5) is 0 Å². The summed E-state index contributed by atoms with van der Waals surface area (Å²) < 4.78 is 16.2. The Bertz CT molecular complexity index is 1620. The molecule has 3 N–H and O–H groups in total. The molecule has 0 unspecified atom stereocenters. The van der Waals surface area contributed by atoms with Crippen LogP contribution in [0.3, 0.4) is 0 Å². The molecule has 0 fully saturated rings. The van der Waals surface area contributed by atoms with Gasteiger partial charge in [-0.25, -0.2) is 14.4 Å². The number of ether oxygens (including phenoxy) is 3. The number of benzene rings is 3. The zero-order valence-electron chi connectivity index (χ0n) is 23.7. The number of hydrogen-bond donors (Lipinski definition) is 3. The number of carbonyl (C=O) groups is 4. The second-order valence-corrected chi connectivity index (χ2v) is 10.4. The quantitative estimate of drug-likeness (QED) is 0.216. The molecule has 0 atom stereocenters. The molecule has 0 saturated carbocycles. The second-order valence-electron chi connectivity index (χ2n) is 9.65. The lowest BCUT2D eigenvalue weighted by Crippen LogP contribution is -2.16. The fourth-order valence-electron chi connectivity index (χ4n) is 4.45. The molecule has 0 bridgehead atoms. The van der Waals surface area contributed by atoms with Crippen molar-refractivity contribution in [1.29, 1.82) is 0 Å². The smallest absolute Gasteiger partial charge is 0.347 e. The summed E-state index contributed by atoms with van der Waals surface area (Å²) in [6, 6.07) is 2.82. The number of phenolic OH excluding ortho intramolecular Hbond substituents is 2. The lowest BCUT2D eigenvalue weighted by molar-refractivity contribution is -0.132. The lowest BCUT2D eigenvalue weighted by Gasteiger charge is -2.18. The Kier molecular flexibility index (Phi) is 8.83. The van der Waals surface area contributed by atoms with Crippen molar-refractivity contribution in [2.75, 3.05) is 0 Å². The average molecular weight is 629 g/mol. The Morgan fingerprint density at radius 1 is 0.634 bits per heavy atom. The number of phenols is 2. The lowest BCUT2D eigenvalue weighted by atomic mass is 9.97. The maximum atomic E-state index is 13.2. The van der Waals surface area contributed by atoms with Gasteiger partial charge in [0.05, 0.1) is 5.56 Å². The van der Waals surface area contributed by atoms with E-state index in [1.807, 2.05) is 0 Å². The average Bonchev–Trinajstić information content (AvgIpc) is 2.86. The summed E-state index contributed by atoms with van der Waals surface area (Å²) in [5.41, 5.74) is 2.10. The number of aromatic hydroxyl groups is 2. The van der Waals surface area contributed by atoms with Gasteiger partial charge in [-0.05, 0) is 110 Å². The highest BCUT2D eigenvalue weighted by atomic mass is 79.9. The number of carboxylic acid groups (broad SMARTS) is 1. The molecular weight excluding hydrogens is 600 g/mol. The summed E-state index contributed by atoms with van der Waals surface area (Å²) in [6.45, 7) is 12.1. The molecule has 0 amide bonds. The molecule has 10 nitrogen and oxygen atoms in total. The minimum absolute atomic E-state index is 0.00579. The summed E-state index contributed by atoms with van der Waals surface area (Å²) in [4.78, 5) is 49.4. The van der Waals surface area contributed by atoms with Crippen molar-refractivity contribution >= 4 is 39.8 Å². The second kappa shape index (κ2) is 11.6. The molecule has 0 aliphatic heterocycles. The van der Waals surface area contributed by atoms with E-state index in [-0.39, 0.29) is 49.5 Å². The highest BCUT2D eigenvalue weighted by molar-refractivity contribution is 9.10. The van der Waals surface area contributed by atoms with E-state index in [0.29, 0.717) is 27.8 Å². The van der Waals surface area contributed by atoms with Gasteiger partial charge < -0.3 is 29.5 Å². The maximum absolute atomic E-state index is 13.2. The van der Waals surface area contributed by atoms with Gasteiger partial charge in [-0.3, -0.25) is 4.79 Å². The van der Waals surface area contributed by atoms with Gasteiger partial charge in [-0.1, -0.05) is 0 Å². The summed E-state index contributed by atoms with van der Waals surface area (Å²) >= 11 is 3.16. The van der Waals surface area contributed by atoms with Crippen LogP contribution in [0.5, 0.6) is 28.7 Å². The van der Waals surface area contributed by atoms with Crippen molar-refractivity contribution < 1.29 is 48.7 Å². The number of esters is 3. The van der Waals surface area contributed by atoms with E-state index in [1.165, 1.54) is 32.9 Å². The number of aromatic carboxylic acids is 1. The van der Waals surface area contributed by atoms with Gasteiger partial charge >= 0.3 is 23.9 Å². The zero-order valence-corrected chi connectivity index (χ0v) is 25.3. The van der Waals surface area contributed by atoms with Gasteiger partial charge in [0.15, 0.2) is 5.75 Å². The number of halogens is 1. The van der Waals surface area contributed by atoms with Gasteiger partial charge in [0.1, 0.15) is 38.6 Å². The van der Waals surface area contributed by atoms with Crippen molar-refractivity contribution in [3.63, 3.8) is 0 Å². The first-order valence-corrected chi connectivity index (χ1v) is 13.1. The number of aryl methyl sites for hydroxylation is 2. The molecule has 216 valence electrons. The first-order chi connectivity index (χ1) is 19.0. The third kappa shape index (κ3) is 5.76. The van der Waals surface area contributed by atoms with E-state index in [4.69, 9.17) is 14.2 Å². The molecule has 41 heavy (non-hydrogen) atoms. The molecule has 0 heterocycles. The van der Waals surface area contributed by atoms with Crippen LogP contribution < -0.4 is 14.2 Å². The number of hydrogen-bond acceptors (Lipinski definition) is 9. The van der Waals surface area contributed by atoms with Crippen LogP contribution in [0.15, 0.2) is 16.6 Å². The first-order valence-electron chi connectivity index (χ1n) is 12.3. The van der Waals surface area contributed by atoms with Crippen LogP contribution in [0.1, 0.15) is 76.9 Å². The Labute approximate surface area is 244 Å². The highest BCUT2D eigenvalue weighted by Crippen LogP contribution is 2.43. The normalized spacial score (nSPS) is 10.8. The van der Waals surface area contributed by atoms with Crippen molar-refractivity contribution in [2.45, 2.75) is 55.4 Å². The molecule has 0 saturated heterocycles. The molecule has 3 aromatic rings. The highest BCUT2D eigenvalue weighted by Gasteiger charge is 2.28. The largest absolute Gasteiger partial charge is 0.507 e. The number of carbonyl (C=O) groups excluding carboxylic acids is 3. The fourth-order valence-corrected chi connectivity index (χ4v) is 5.02. The van der Waals surface area contributed by atoms with Crippen LogP contribution in [0, 0.1) is 48.5 Å². The topological polar surface area (TPSA) is 157 Å². The molecule has 3 rings (SSSR count). The van der Waals surface area contributed by atoms with E-state index in [2.05, 4.69) is 15.9 Å². The summed E-state index contributed by atoms with van der Waals surface area (Å²) in [7, 11) is 0. The molecule has 0 spiro atoms. The SMILES string of the molecule is CC(=O)Oc1c(C)c(C)c(C(=O)Oc2cc(C)c(C(=O)Oc3cc(C)c(C(=O)O)c(C)c3C)c(O)c2C)c(O)c1Br. The molecular formula is C30H29BrO10. The molecule has 11 heteroatoms. The standard InChI is InChI=1S/C30H29BrO10/c1-11-9-19(13(3)14(4)21(11)28(35)36)40-29(37)22-12(2)10-20(17(7)25(22)33)41-30(38)23-15(5)16(6)27(39-18(8)32)24(31)26(23)34/h9-10,33-34H,1-8H3,(H,35,36). The van der Waals surface area contributed by atoms with E-state index >= 15 is 0 Å². The van der Waals surface area contributed by atoms with Crippen molar-refractivity contribution in [3.8, 4) is 28.7 Å². The molecule has 0 aromatic heterocycles. The zero-order chi connectivity index (χ0) is 31.1. The van der Waals surface area contributed by atoms with E-state index < -0.39 is 35.4 Å². The predicted octanol–water partition coefficient (Wildman–Crippen LogP) is 6.08. The van der Waals surface area contributed by atoms with Crippen molar-refractivity contribution in [3.05, 3.63) is 72.2 Å². The van der Waals surface area contributed by atoms with Gasteiger partial charge in [0.25, 0.3) is 0 Å². The minimum Gasteiger partial charge on any atom is -0.507 e.